The molecule has 0 saturated carbocycles. The summed E-state index contributed by atoms with van der Waals surface area (Å²) in [5.41, 5.74) is 0.467. The molecule has 1 N–H and O–H groups in total. The zero-order chi connectivity index (χ0) is 21.5. The summed E-state index contributed by atoms with van der Waals surface area (Å²) in [6.07, 6.45) is 1.41. The van der Waals surface area contributed by atoms with Crippen LogP contribution in [0.2, 0.25) is 0 Å². The second kappa shape index (κ2) is 10.1. The minimum atomic E-state index is -0.285. The summed E-state index contributed by atoms with van der Waals surface area (Å²) in [5, 5.41) is 2.74. The number of carbonyl (C=O) groups is 1. The van der Waals surface area contributed by atoms with Gasteiger partial charge in [-0.1, -0.05) is 13.8 Å². The maximum Gasteiger partial charge on any atom is 0.254 e. The smallest absolute Gasteiger partial charge is 0.254 e. The summed E-state index contributed by atoms with van der Waals surface area (Å²) >= 11 is 0. The summed E-state index contributed by atoms with van der Waals surface area (Å²) in [4.78, 5) is 39.3. The Hall–Kier alpha value is -3.01. The van der Waals surface area contributed by atoms with Crippen molar-refractivity contribution < 1.29 is 14.3 Å². The lowest BCUT2D eigenvalue weighted by atomic mass is 10.1. The third-order valence-corrected chi connectivity index (χ3v) is 4.62. The van der Waals surface area contributed by atoms with Crippen LogP contribution < -0.4 is 20.5 Å². The zero-order valence-electron chi connectivity index (χ0n) is 17.6. The third kappa shape index (κ3) is 5.99. The van der Waals surface area contributed by atoms with Crippen molar-refractivity contribution in [1.29, 1.82) is 0 Å². The normalized spacial score (nSPS) is 14.1. The molecule has 0 aromatic carbocycles. The van der Waals surface area contributed by atoms with Crippen LogP contribution in [-0.2, 0) is 16.1 Å². The van der Waals surface area contributed by atoms with Gasteiger partial charge < -0.3 is 19.7 Å². The van der Waals surface area contributed by atoms with Gasteiger partial charge in [0, 0.05) is 25.2 Å². The Bertz CT molecular complexity index is 924. The summed E-state index contributed by atoms with van der Waals surface area (Å²) in [6.45, 7) is 9.09. The number of ether oxygens (including phenoxy) is 2. The highest BCUT2D eigenvalue weighted by Crippen LogP contribution is 2.18. The zero-order valence-corrected chi connectivity index (χ0v) is 17.6. The summed E-state index contributed by atoms with van der Waals surface area (Å²) in [5.74, 6) is 1.76. The van der Waals surface area contributed by atoms with Gasteiger partial charge >= 0.3 is 0 Å². The first kappa shape index (κ1) is 21.7. The number of rotatable bonds is 8. The van der Waals surface area contributed by atoms with Gasteiger partial charge in [-0.2, -0.15) is 4.98 Å². The lowest BCUT2D eigenvalue weighted by molar-refractivity contribution is -0.121. The number of nitrogens with zero attached hydrogens (tertiary/aromatic N) is 5. The van der Waals surface area contributed by atoms with E-state index in [1.807, 2.05) is 20.8 Å². The summed E-state index contributed by atoms with van der Waals surface area (Å²) in [6, 6.07) is 3.26. The molecule has 1 aliphatic rings. The Morgan fingerprint density at radius 3 is 2.73 bits per heavy atom. The van der Waals surface area contributed by atoms with Crippen molar-refractivity contribution in [2.45, 2.75) is 33.2 Å². The number of nitrogens with one attached hydrogen (secondary N) is 1. The van der Waals surface area contributed by atoms with Gasteiger partial charge in [-0.3, -0.25) is 14.2 Å². The molecule has 1 saturated heterocycles. The van der Waals surface area contributed by atoms with E-state index in [1.54, 1.807) is 6.07 Å². The maximum absolute atomic E-state index is 12.1. The van der Waals surface area contributed by atoms with E-state index in [4.69, 9.17) is 9.47 Å². The molecule has 1 aliphatic heterocycles. The van der Waals surface area contributed by atoms with Crippen molar-refractivity contribution in [2.75, 3.05) is 44.4 Å². The van der Waals surface area contributed by atoms with Gasteiger partial charge in [0.1, 0.15) is 24.8 Å². The van der Waals surface area contributed by atoms with Crippen LogP contribution in [0.25, 0.3) is 0 Å². The van der Waals surface area contributed by atoms with Crippen molar-refractivity contribution in [3.8, 4) is 5.88 Å². The molecule has 0 bridgehead atoms. The summed E-state index contributed by atoms with van der Waals surface area (Å²) < 4.78 is 12.3. The summed E-state index contributed by atoms with van der Waals surface area (Å²) in [7, 11) is 0. The highest BCUT2D eigenvalue weighted by Gasteiger charge is 2.14. The van der Waals surface area contributed by atoms with E-state index >= 15 is 0 Å². The number of amides is 1. The molecule has 3 heterocycles. The van der Waals surface area contributed by atoms with Crippen molar-refractivity contribution in [3.05, 3.63) is 40.3 Å². The molecule has 0 radical (unpaired) electrons. The standard InChI is InChI=1S/C20H28N6O4/c1-14(2)16-10-20(28)26(13-22-16)12-18(27)21-4-7-30-19-11-17(23-15(3)24-19)25-5-8-29-9-6-25/h10-11,13-14H,4-9,12H2,1-3H3,(H,21,27). The lowest BCUT2D eigenvalue weighted by Crippen LogP contribution is -2.37. The largest absolute Gasteiger partial charge is 0.476 e. The predicted molar refractivity (Wildman–Crippen MR) is 111 cm³/mol. The Morgan fingerprint density at radius 1 is 1.27 bits per heavy atom. The van der Waals surface area contributed by atoms with Crippen LogP contribution in [0.4, 0.5) is 5.82 Å². The first-order chi connectivity index (χ1) is 14.4. The van der Waals surface area contributed by atoms with Crippen LogP contribution in [-0.4, -0.2) is 64.9 Å². The van der Waals surface area contributed by atoms with Gasteiger partial charge in [0.15, 0.2) is 0 Å². The van der Waals surface area contributed by atoms with Crippen LogP contribution in [0.1, 0.15) is 31.3 Å². The quantitative estimate of drug-likeness (QED) is 0.619. The lowest BCUT2D eigenvalue weighted by Gasteiger charge is -2.28. The molecule has 0 spiro atoms. The average Bonchev–Trinajstić information content (AvgIpc) is 2.73. The van der Waals surface area contributed by atoms with Crippen molar-refractivity contribution in [2.24, 2.45) is 0 Å². The third-order valence-electron chi connectivity index (χ3n) is 4.62. The molecule has 0 unspecified atom stereocenters. The fourth-order valence-corrected chi connectivity index (χ4v) is 2.98. The van der Waals surface area contributed by atoms with E-state index in [9.17, 15) is 9.59 Å². The number of anilines is 1. The first-order valence-corrected chi connectivity index (χ1v) is 10.1. The molecule has 10 nitrogen and oxygen atoms in total. The minimum absolute atomic E-state index is 0.0853. The van der Waals surface area contributed by atoms with E-state index in [1.165, 1.54) is 17.0 Å². The van der Waals surface area contributed by atoms with E-state index in [0.717, 1.165) is 18.9 Å². The molecule has 2 aromatic heterocycles. The molecule has 30 heavy (non-hydrogen) atoms. The first-order valence-electron chi connectivity index (χ1n) is 10.1. The highest BCUT2D eigenvalue weighted by atomic mass is 16.5. The van der Waals surface area contributed by atoms with E-state index in [0.29, 0.717) is 37.2 Å². The minimum Gasteiger partial charge on any atom is -0.476 e. The number of aryl methyl sites for hydroxylation is 1. The Labute approximate surface area is 175 Å². The molecule has 162 valence electrons. The fraction of sp³-hybridized carbons (Fsp3) is 0.550. The van der Waals surface area contributed by atoms with Gasteiger partial charge in [-0.15, -0.1) is 0 Å². The SMILES string of the molecule is Cc1nc(OCCNC(=O)Cn2cnc(C(C)C)cc2=O)cc(N2CCOCC2)n1. The Kier molecular flexibility index (Phi) is 7.34. The fourth-order valence-electron chi connectivity index (χ4n) is 2.98. The van der Waals surface area contributed by atoms with Gasteiger partial charge in [-0.25, -0.2) is 9.97 Å². The number of morpholine rings is 1. The molecule has 0 aliphatic carbocycles. The van der Waals surface area contributed by atoms with Crippen molar-refractivity contribution in [1.82, 2.24) is 24.8 Å². The monoisotopic (exact) mass is 416 g/mol. The number of carbonyl (C=O) groups excluding carboxylic acids is 1. The van der Waals surface area contributed by atoms with Crippen LogP contribution in [0, 0.1) is 6.92 Å². The van der Waals surface area contributed by atoms with Gasteiger partial charge in [0.05, 0.1) is 31.8 Å². The van der Waals surface area contributed by atoms with E-state index in [-0.39, 0.29) is 30.5 Å². The molecule has 3 rings (SSSR count). The van der Waals surface area contributed by atoms with E-state index < -0.39 is 0 Å². The molecular weight excluding hydrogens is 388 g/mol. The second-order valence-corrected chi connectivity index (χ2v) is 7.34. The van der Waals surface area contributed by atoms with Crippen LogP contribution >= 0.6 is 0 Å². The van der Waals surface area contributed by atoms with Crippen LogP contribution in [0.3, 0.4) is 0 Å². The molecule has 1 amide bonds. The molecule has 10 heteroatoms. The maximum atomic E-state index is 12.1. The number of aromatic nitrogens is 4. The van der Waals surface area contributed by atoms with Crippen molar-refractivity contribution >= 4 is 11.7 Å². The molecular formula is C20H28N6O4. The average molecular weight is 416 g/mol. The van der Waals surface area contributed by atoms with Crippen LogP contribution in [0.5, 0.6) is 5.88 Å². The number of hydrogen-bond acceptors (Lipinski definition) is 8. The van der Waals surface area contributed by atoms with E-state index in [2.05, 4.69) is 25.2 Å². The van der Waals surface area contributed by atoms with Gasteiger partial charge in [0.25, 0.3) is 5.56 Å². The Balaban J connectivity index is 1.47. The molecule has 0 atom stereocenters. The number of hydrogen-bond donors (Lipinski definition) is 1. The molecule has 1 fully saturated rings. The predicted octanol–water partition coefficient (Wildman–Crippen LogP) is 0.497. The van der Waals surface area contributed by atoms with Crippen LogP contribution in [0.15, 0.2) is 23.3 Å². The van der Waals surface area contributed by atoms with Gasteiger partial charge in [-0.05, 0) is 12.8 Å². The van der Waals surface area contributed by atoms with Crippen molar-refractivity contribution in [3.63, 3.8) is 0 Å². The molecule has 2 aromatic rings. The van der Waals surface area contributed by atoms with Gasteiger partial charge in [0.2, 0.25) is 11.8 Å². The second-order valence-electron chi connectivity index (χ2n) is 7.34. The highest BCUT2D eigenvalue weighted by molar-refractivity contribution is 5.75. The topological polar surface area (TPSA) is 111 Å². The Morgan fingerprint density at radius 2 is 2.03 bits per heavy atom.